The molecule has 3 fully saturated rings. The molecule has 3 aliphatic heterocycles. The molecule has 11 nitrogen and oxygen atoms in total. The van der Waals surface area contributed by atoms with Crippen LogP contribution in [0.3, 0.4) is 0 Å². The number of hydrogen-bond donors (Lipinski definition) is 3. The summed E-state index contributed by atoms with van der Waals surface area (Å²) in [5, 5.41) is 5.57. The monoisotopic (exact) mass is 698 g/mol. The third-order valence-corrected chi connectivity index (χ3v) is 11.6. The molecule has 3 amide bonds. The van der Waals surface area contributed by atoms with E-state index in [2.05, 4.69) is 42.5 Å². The number of H-pyrrole nitrogens is 1. The van der Waals surface area contributed by atoms with Crippen LogP contribution in [-0.2, 0) is 15.0 Å². The number of halogens is 2. The van der Waals surface area contributed by atoms with Crippen LogP contribution in [0.15, 0.2) is 42.7 Å². The van der Waals surface area contributed by atoms with E-state index in [4.69, 9.17) is 16.6 Å². The van der Waals surface area contributed by atoms with E-state index in [0.717, 1.165) is 48.8 Å². The predicted octanol–water partition coefficient (Wildman–Crippen LogP) is 5.76. The van der Waals surface area contributed by atoms with Gasteiger partial charge in [0.2, 0.25) is 11.8 Å². The number of nitrogens with one attached hydrogen (secondary N) is 3. The zero-order valence-corrected chi connectivity index (χ0v) is 28.9. The van der Waals surface area contributed by atoms with Gasteiger partial charge >= 0.3 is 0 Å². The molecule has 0 atom stereocenters. The Morgan fingerprint density at radius 2 is 1.78 bits per heavy atom. The molecule has 3 N–H and O–H groups in total. The summed E-state index contributed by atoms with van der Waals surface area (Å²) < 4.78 is 15.2. The fourth-order valence-corrected chi connectivity index (χ4v) is 8.65. The van der Waals surface area contributed by atoms with Crippen molar-refractivity contribution in [1.82, 2.24) is 30.1 Å². The second-order valence-electron chi connectivity index (χ2n) is 14.0. The molecular weight excluding hydrogens is 659 g/mol. The van der Waals surface area contributed by atoms with Crippen LogP contribution in [-0.4, -0.2) is 87.8 Å². The predicted molar refractivity (Wildman–Crippen MR) is 190 cm³/mol. The molecule has 4 aromatic rings. The van der Waals surface area contributed by atoms with Crippen LogP contribution in [0.5, 0.6) is 0 Å². The molecule has 8 rings (SSSR count). The summed E-state index contributed by atoms with van der Waals surface area (Å²) in [6.07, 6.45) is 8.37. The Bertz CT molecular complexity index is 2010. The number of benzene rings is 2. The fraction of sp³-hybridized carbons (Fsp3) is 0.432. The topological polar surface area (TPSA) is 127 Å². The number of aromatic amines is 1. The number of fused-ring (bicyclic) bond motifs is 3. The maximum absolute atomic E-state index is 15.2. The zero-order valence-electron chi connectivity index (χ0n) is 28.2. The van der Waals surface area contributed by atoms with E-state index in [0.29, 0.717) is 54.5 Å². The molecule has 2 aromatic carbocycles. The van der Waals surface area contributed by atoms with Crippen molar-refractivity contribution in [3.63, 3.8) is 0 Å². The summed E-state index contributed by atoms with van der Waals surface area (Å²) in [5.41, 5.74) is 3.99. The molecule has 0 radical (unpaired) electrons. The van der Waals surface area contributed by atoms with Crippen molar-refractivity contribution in [3.8, 4) is 11.3 Å². The van der Waals surface area contributed by atoms with Crippen molar-refractivity contribution < 1.29 is 18.8 Å². The van der Waals surface area contributed by atoms with E-state index < -0.39 is 17.1 Å². The van der Waals surface area contributed by atoms with Gasteiger partial charge in [-0.15, -0.1) is 0 Å². The van der Waals surface area contributed by atoms with E-state index in [1.165, 1.54) is 32.4 Å². The van der Waals surface area contributed by atoms with Crippen LogP contribution in [0.4, 0.5) is 21.6 Å². The van der Waals surface area contributed by atoms with E-state index in [1.807, 2.05) is 17.0 Å². The molecular formula is C37H40ClFN8O3. The van der Waals surface area contributed by atoms with Gasteiger partial charge in [-0.1, -0.05) is 30.2 Å². The minimum Gasteiger partial charge on any atom is -0.355 e. The fourth-order valence-electron chi connectivity index (χ4n) is 8.41. The number of likely N-dealkylation sites (tertiary alicyclic amines) is 2. The number of imidazole rings is 1. The minimum atomic E-state index is -0.669. The van der Waals surface area contributed by atoms with Gasteiger partial charge in [0.05, 0.1) is 39.2 Å². The number of carbonyl (C=O) groups excluding carboxylic acids is 3. The molecule has 13 heteroatoms. The molecule has 260 valence electrons. The van der Waals surface area contributed by atoms with Gasteiger partial charge in [0, 0.05) is 50.4 Å². The summed E-state index contributed by atoms with van der Waals surface area (Å²) in [5.74, 6) is -0.615. The smallest absolute Gasteiger partial charge is 0.252 e. The summed E-state index contributed by atoms with van der Waals surface area (Å²) in [4.78, 5) is 58.2. The van der Waals surface area contributed by atoms with Crippen molar-refractivity contribution in [2.24, 2.45) is 0 Å². The number of nitrogens with zero attached hydrogens (tertiary/aromatic N) is 5. The largest absolute Gasteiger partial charge is 0.355 e. The lowest BCUT2D eigenvalue weighted by Crippen LogP contribution is -2.58. The molecule has 0 unspecified atom stereocenters. The second-order valence-corrected chi connectivity index (χ2v) is 14.4. The van der Waals surface area contributed by atoms with Gasteiger partial charge in [0.25, 0.3) is 5.91 Å². The lowest BCUT2D eigenvalue weighted by molar-refractivity contribution is -0.134. The van der Waals surface area contributed by atoms with Gasteiger partial charge in [-0.25, -0.2) is 14.4 Å². The number of amides is 3. The van der Waals surface area contributed by atoms with Gasteiger partial charge in [0.1, 0.15) is 11.3 Å². The third kappa shape index (κ3) is 5.40. The van der Waals surface area contributed by atoms with Gasteiger partial charge in [-0.3, -0.25) is 14.4 Å². The summed E-state index contributed by atoms with van der Waals surface area (Å²) >= 11 is 6.18. The highest BCUT2D eigenvalue weighted by atomic mass is 35.5. The number of aromatic nitrogens is 3. The van der Waals surface area contributed by atoms with Gasteiger partial charge < -0.3 is 30.3 Å². The molecule has 50 heavy (non-hydrogen) atoms. The molecule has 1 aliphatic carbocycles. The lowest BCUT2D eigenvalue weighted by Gasteiger charge is -2.48. The number of hydrogen-bond acceptors (Lipinski definition) is 7. The van der Waals surface area contributed by atoms with Crippen molar-refractivity contribution in [2.45, 2.75) is 69.4 Å². The van der Waals surface area contributed by atoms with Gasteiger partial charge in [0.15, 0.2) is 5.82 Å². The van der Waals surface area contributed by atoms with E-state index >= 15 is 4.39 Å². The Balaban J connectivity index is 1.16. The Hall–Kier alpha value is -4.55. The quantitative estimate of drug-likeness (QED) is 0.234. The Kier molecular flexibility index (Phi) is 8.26. The molecule has 2 saturated heterocycles. The van der Waals surface area contributed by atoms with Crippen LogP contribution in [0.2, 0.25) is 5.02 Å². The van der Waals surface area contributed by atoms with Gasteiger partial charge in [-0.05, 0) is 81.4 Å². The Morgan fingerprint density at radius 3 is 2.50 bits per heavy atom. The Labute approximate surface area is 294 Å². The first-order valence-electron chi connectivity index (χ1n) is 17.5. The van der Waals surface area contributed by atoms with Crippen molar-refractivity contribution in [2.75, 3.05) is 43.4 Å². The van der Waals surface area contributed by atoms with Crippen LogP contribution in [0.25, 0.3) is 22.3 Å². The van der Waals surface area contributed by atoms with Crippen molar-refractivity contribution in [1.29, 1.82) is 0 Å². The Morgan fingerprint density at radius 1 is 1.02 bits per heavy atom. The average molecular weight is 699 g/mol. The second kappa shape index (κ2) is 12.6. The highest BCUT2D eigenvalue weighted by Gasteiger charge is 2.55. The summed E-state index contributed by atoms with van der Waals surface area (Å²) in [7, 11) is 1.48. The van der Waals surface area contributed by atoms with E-state index in [9.17, 15) is 14.4 Å². The number of carbonyl (C=O) groups is 3. The maximum atomic E-state index is 15.2. The highest BCUT2D eigenvalue weighted by molar-refractivity contribution is 6.34. The first kappa shape index (κ1) is 32.6. The van der Waals surface area contributed by atoms with Crippen LogP contribution in [0.1, 0.15) is 67.8 Å². The molecule has 2 aromatic heterocycles. The number of anilines is 3. The van der Waals surface area contributed by atoms with Crippen molar-refractivity contribution in [3.05, 3.63) is 64.7 Å². The van der Waals surface area contributed by atoms with Crippen LogP contribution in [0, 0.1) is 5.82 Å². The molecule has 1 saturated carbocycles. The van der Waals surface area contributed by atoms with Crippen LogP contribution >= 0.6 is 11.6 Å². The minimum absolute atomic E-state index is 0.00489. The standard InChI is InChI=1S/C37H40ClFN8O3/c1-21(48)45-12-8-37(9-13-45)26-7-6-22(14-32(26)47(36(37)50)24-15-23(16-24)46-10-4-3-5-11-46)29-19-31-33(42-20-41-31)34(43-29)44-30-17-25(35(49)40-2)27(38)18-28(30)39/h6-7,14,17-20,23-24H,3-5,8-13,15-16H2,1-2H3,(H,40,49)(H,41,42)(H,43,44). The summed E-state index contributed by atoms with van der Waals surface area (Å²) in [6, 6.07) is 11.1. The van der Waals surface area contributed by atoms with Gasteiger partial charge in [-0.2, -0.15) is 0 Å². The molecule has 0 bridgehead atoms. The third-order valence-electron chi connectivity index (χ3n) is 11.3. The first-order valence-corrected chi connectivity index (χ1v) is 17.8. The number of piperidine rings is 2. The molecule has 5 heterocycles. The van der Waals surface area contributed by atoms with E-state index in [-0.39, 0.29) is 34.1 Å². The average Bonchev–Trinajstić information content (AvgIpc) is 3.67. The SMILES string of the molecule is CNC(=O)c1cc(Nc2nc(-c3ccc4c(c3)N(C3CC(N5CCCCC5)C3)C(=O)C43CCN(C(C)=O)CC3)cc3[nH]cnc23)c(F)cc1Cl. The zero-order chi connectivity index (χ0) is 34.7. The molecule has 1 spiro atoms. The van der Waals surface area contributed by atoms with Crippen molar-refractivity contribution >= 4 is 57.5 Å². The summed E-state index contributed by atoms with van der Waals surface area (Å²) in [6.45, 7) is 4.94. The first-order chi connectivity index (χ1) is 24.2. The normalized spacial score (nSPS) is 21.7. The maximum Gasteiger partial charge on any atom is 0.252 e. The molecule has 4 aliphatic rings. The lowest BCUT2D eigenvalue weighted by atomic mass is 9.73. The number of pyridine rings is 1. The number of rotatable bonds is 6. The highest BCUT2D eigenvalue weighted by Crippen LogP contribution is 2.52. The van der Waals surface area contributed by atoms with Crippen LogP contribution < -0.4 is 15.5 Å². The van der Waals surface area contributed by atoms with E-state index in [1.54, 1.807) is 13.3 Å².